The third-order valence-electron chi connectivity index (χ3n) is 8.45. The van der Waals surface area contributed by atoms with Gasteiger partial charge in [0.05, 0.1) is 0 Å². The first-order valence-corrected chi connectivity index (χ1v) is 14.6. The Labute approximate surface area is 236 Å². The first-order chi connectivity index (χ1) is 18.9. The first-order valence-electron chi connectivity index (χ1n) is 14.6. The molecule has 0 aliphatic heterocycles. The molecule has 0 unspecified atom stereocenters. The summed E-state index contributed by atoms with van der Waals surface area (Å²) in [5.74, 6) is 0.537. The van der Waals surface area contributed by atoms with Crippen molar-refractivity contribution in [3.8, 4) is 0 Å². The minimum absolute atomic E-state index is 0.140. The van der Waals surface area contributed by atoms with Crippen molar-refractivity contribution >= 4 is 34.4 Å². The maximum atomic E-state index is 2.37. The van der Waals surface area contributed by atoms with E-state index in [1.807, 2.05) is 0 Å². The predicted octanol–water partition coefficient (Wildman–Crippen LogP) is 8.02. The fourth-order valence-electron chi connectivity index (χ4n) is 6.32. The molecule has 0 aromatic heterocycles. The molecule has 0 radical (unpaired) electrons. The van der Waals surface area contributed by atoms with Crippen LogP contribution in [0, 0.1) is 26.7 Å². The number of anilines is 1. The number of para-hydroxylation sites is 1. The van der Waals surface area contributed by atoms with Gasteiger partial charge in [-0.05, 0) is 56.7 Å². The maximum Gasteiger partial charge on any atom is 0.242 e. The highest BCUT2D eigenvalue weighted by molar-refractivity contribution is 7.00. The minimum Gasteiger partial charge on any atom is -0.377 e. The molecule has 0 bridgehead atoms. The number of allylic oxidation sites excluding steroid dienone is 1. The van der Waals surface area contributed by atoms with E-state index in [1.165, 1.54) is 87.6 Å². The highest BCUT2D eigenvalue weighted by Crippen LogP contribution is 2.43. The number of aryl methyl sites for hydroxylation is 3. The Hall–Kier alpha value is -3.52. The maximum absolute atomic E-state index is 2.37. The lowest BCUT2D eigenvalue weighted by Gasteiger charge is -2.33. The van der Waals surface area contributed by atoms with Gasteiger partial charge in [0.25, 0.3) is 0 Å². The van der Waals surface area contributed by atoms with Crippen LogP contribution in [0.1, 0.15) is 59.9 Å². The quantitative estimate of drug-likeness (QED) is 0.179. The van der Waals surface area contributed by atoms with Crippen LogP contribution < -0.4 is 15.8 Å². The number of hydrogen-bond donors (Lipinski definition) is 0. The van der Waals surface area contributed by atoms with E-state index in [4.69, 9.17) is 0 Å². The van der Waals surface area contributed by atoms with Crippen molar-refractivity contribution in [3.05, 3.63) is 125 Å². The molecule has 0 atom stereocenters. The van der Waals surface area contributed by atoms with E-state index in [0.29, 0.717) is 5.92 Å². The Morgan fingerprint density at radius 1 is 0.615 bits per heavy atom. The lowest BCUT2D eigenvalue weighted by atomic mass is 9.34. The fraction of sp³-hybridized carbons (Fsp3) is 0.297. The van der Waals surface area contributed by atoms with Gasteiger partial charge >= 0.3 is 0 Å². The fourth-order valence-corrected chi connectivity index (χ4v) is 6.32. The van der Waals surface area contributed by atoms with Gasteiger partial charge in [0.1, 0.15) is 0 Å². The normalized spacial score (nSPS) is 14.6. The van der Waals surface area contributed by atoms with Crippen LogP contribution in [0.2, 0.25) is 0 Å². The molecule has 0 amide bonds. The van der Waals surface area contributed by atoms with Gasteiger partial charge in [-0.1, -0.05) is 143 Å². The van der Waals surface area contributed by atoms with Gasteiger partial charge in [-0.25, -0.2) is 0 Å². The molecule has 4 aromatic rings. The summed E-state index contributed by atoms with van der Waals surface area (Å²) in [5.41, 5.74) is 13.6. The average molecular weight is 512 g/mol. The van der Waals surface area contributed by atoms with Crippen LogP contribution in [-0.2, 0) is 0 Å². The summed E-state index contributed by atoms with van der Waals surface area (Å²) in [6.45, 7) is 6.69. The zero-order chi connectivity index (χ0) is 27.4. The molecular weight excluding hydrogens is 469 g/mol. The Kier molecular flexibility index (Phi) is 8.41. The SMILES string of the molecule is Cc1ccc(B(/C(=C(\c2ccccc2N(C)C)C2CCCCC2)c2ccc(C)cc2)c2ccc(C)cc2)cc1. The molecule has 1 saturated carbocycles. The Morgan fingerprint density at radius 2 is 1.10 bits per heavy atom. The molecule has 4 aromatic carbocycles. The standard InChI is InChI=1S/C37H42BN/c1-27-15-21-31(22-16-27)37(38(32-23-17-28(2)18-24-32)33-25-19-29(3)20-26-33)36(30-11-7-6-8-12-30)34-13-9-10-14-35(34)39(4)5/h9-10,13-26,30H,6-8,11-12H2,1-5H3/b37-36-. The number of hydrogen-bond acceptors (Lipinski definition) is 1. The monoisotopic (exact) mass is 511 g/mol. The Bertz CT molecular complexity index is 1360. The van der Waals surface area contributed by atoms with Crippen LogP contribution in [0.15, 0.2) is 97.1 Å². The third-order valence-corrected chi connectivity index (χ3v) is 8.45. The van der Waals surface area contributed by atoms with Crippen molar-refractivity contribution in [2.45, 2.75) is 52.9 Å². The summed E-state index contributed by atoms with van der Waals surface area (Å²) < 4.78 is 0. The summed E-state index contributed by atoms with van der Waals surface area (Å²) in [6.07, 6.45) is 6.46. The van der Waals surface area contributed by atoms with Gasteiger partial charge in [-0.3, -0.25) is 0 Å². The highest BCUT2D eigenvalue weighted by atomic mass is 15.1. The molecule has 0 saturated heterocycles. The van der Waals surface area contributed by atoms with E-state index < -0.39 is 0 Å². The molecule has 2 heteroatoms. The number of benzene rings is 4. The number of nitrogens with zero attached hydrogens (tertiary/aromatic N) is 1. The molecule has 198 valence electrons. The van der Waals surface area contributed by atoms with E-state index in [0.717, 1.165) is 0 Å². The van der Waals surface area contributed by atoms with E-state index in [-0.39, 0.29) is 6.71 Å². The zero-order valence-electron chi connectivity index (χ0n) is 24.4. The van der Waals surface area contributed by atoms with E-state index in [9.17, 15) is 0 Å². The van der Waals surface area contributed by atoms with Crippen LogP contribution in [0.3, 0.4) is 0 Å². The van der Waals surface area contributed by atoms with Gasteiger partial charge < -0.3 is 4.90 Å². The highest BCUT2D eigenvalue weighted by Gasteiger charge is 2.33. The van der Waals surface area contributed by atoms with Crippen LogP contribution in [0.4, 0.5) is 5.69 Å². The van der Waals surface area contributed by atoms with Gasteiger partial charge in [-0.2, -0.15) is 0 Å². The van der Waals surface area contributed by atoms with Gasteiger partial charge in [-0.15, -0.1) is 0 Å². The van der Waals surface area contributed by atoms with Crippen molar-refractivity contribution in [1.82, 2.24) is 0 Å². The summed E-state index contributed by atoms with van der Waals surface area (Å²) in [7, 11) is 4.36. The second kappa shape index (κ2) is 12.1. The zero-order valence-corrected chi connectivity index (χ0v) is 24.4. The Balaban J connectivity index is 1.90. The van der Waals surface area contributed by atoms with Crippen molar-refractivity contribution in [3.63, 3.8) is 0 Å². The topological polar surface area (TPSA) is 3.24 Å². The van der Waals surface area contributed by atoms with Crippen molar-refractivity contribution in [2.75, 3.05) is 19.0 Å². The molecule has 1 aliphatic rings. The second-order valence-corrected chi connectivity index (χ2v) is 11.7. The van der Waals surface area contributed by atoms with Gasteiger partial charge in [0.2, 0.25) is 6.71 Å². The second-order valence-electron chi connectivity index (χ2n) is 11.7. The summed E-state index contributed by atoms with van der Waals surface area (Å²) in [6, 6.07) is 36.9. The lowest BCUT2D eigenvalue weighted by Crippen LogP contribution is -2.44. The van der Waals surface area contributed by atoms with Crippen molar-refractivity contribution < 1.29 is 0 Å². The van der Waals surface area contributed by atoms with Crippen molar-refractivity contribution in [1.29, 1.82) is 0 Å². The molecule has 0 spiro atoms. The average Bonchev–Trinajstić information content (AvgIpc) is 2.96. The molecule has 1 aliphatic carbocycles. The molecular formula is C37H42BN. The van der Waals surface area contributed by atoms with Crippen LogP contribution in [-0.4, -0.2) is 20.8 Å². The van der Waals surface area contributed by atoms with Gasteiger partial charge in [0, 0.05) is 25.3 Å². The van der Waals surface area contributed by atoms with Crippen LogP contribution in [0.25, 0.3) is 11.0 Å². The molecule has 1 nitrogen and oxygen atoms in total. The summed E-state index contributed by atoms with van der Waals surface area (Å²) in [4.78, 5) is 2.29. The van der Waals surface area contributed by atoms with E-state index in [2.05, 4.69) is 137 Å². The smallest absolute Gasteiger partial charge is 0.242 e. The molecule has 1 fully saturated rings. The van der Waals surface area contributed by atoms with Crippen molar-refractivity contribution in [2.24, 2.45) is 5.92 Å². The molecule has 5 rings (SSSR count). The first kappa shape index (κ1) is 27.1. The van der Waals surface area contributed by atoms with Crippen LogP contribution in [0.5, 0.6) is 0 Å². The molecule has 39 heavy (non-hydrogen) atoms. The Morgan fingerprint density at radius 3 is 1.62 bits per heavy atom. The van der Waals surface area contributed by atoms with Gasteiger partial charge in [0.15, 0.2) is 0 Å². The minimum atomic E-state index is 0.140. The predicted molar refractivity (Wildman–Crippen MR) is 173 cm³/mol. The lowest BCUT2D eigenvalue weighted by molar-refractivity contribution is 0.430. The molecule has 0 heterocycles. The van der Waals surface area contributed by atoms with E-state index >= 15 is 0 Å². The summed E-state index contributed by atoms with van der Waals surface area (Å²) in [5, 5.41) is 0. The summed E-state index contributed by atoms with van der Waals surface area (Å²) >= 11 is 0. The third kappa shape index (κ3) is 6.06. The van der Waals surface area contributed by atoms with Crippen LogP contribution >= 0.6 is 0 Å². The molecule has 0 N–H and O–H groups in total. The largest absolute Gasteiger partial charge is 0.377 e. The number of rotatable bonds is 7. The van der Waals surface area contributed by atoms with E-state index in [1.54, 1.807) is 0 Å².